The summed E-state index contributed by atoms with van der Waals surface area (Å²) in [7, 11) is -16.5. The fraction of sp³-hybridized carbons (Fsp3) is 0.444. The summed E-state index contributed by atoms with van der Waals surface area (Å²) in [5, 5.41) is 27.0. The molecule has 2 aromatic heterocycles. The van der Waals surface area contributed by atoms with Crippen LogP contribution in [0.5, 0.6) is 17.2 Å². The number of aliphatic hydroxyl groups is 2. The maximum absolute atomic E-state index is 12.8. The van der Waals surface area contributed by atoms with Crippen LogP contribution in [0.4, 0.5) is 5.82 Å². The van der Waals surface area contributed by atoms with E-state index in [9.17, 15) is 57.9 Å². The van der Waals surface area contributed by atoms with Crippen molar-refractivity contribution in [1.82, 2.24) is 30.2 Å². The Morgan fingerprint density at radius 3 is 2.32 bits per heavy atom. The number of phosphoric acid groups is 3. The van der Waals surface area contributed by atoms with E-state index in [1.807, 2.05) is 0 Å². The van der Waals surface area contributed by atoms with E-state index >= 15 is 0 Å². The predicted molar refractivity (Wildman–Crippen MR) is 240 cm³/mol. The average Bonchev–Trinajstić information content (AvgIpc) is 3.82. The van der Waals surface area contributed by atoms with Crippen LogP contribution in [-0.4, -0.2) is 129 Å². The lowest BCUT2D eigenvalue weighted by Gasteiger charge is -2.30. The molecule has 374 valence electrons. The van der Waals surface area contributed by atoms with Crippen LogP contribution in [0.15, 0.2) is 55.1 Å². The fourth-order valence-electron chi connectivity index (χ4n) is 5.92. The van der Waals surface area contributed by atoms with E-state index in [1.54, 1.807) is 49.4 Å². The largest absolute Gasteiger partial charge is 0.482 e. The van der Waals surface area contributed by atoms with Gasteiger partial charge in [-0.25, -0.2) is 28.6 Å². The first-order valence-corrected chi connectivity index (χ1v) is 26.0. The Bertz CT molecular complexity index is 2580. The van der Waals surface area contributed by atoms with Crippen LogP contribution >= 0.6 is 58.4 Å². The van der Waals surface area contributed by atoms with E-state index < -0.39 is 90.7 Å². The van der Waals surface area contributed by atoms with Crippen molar-refractivity contribution in [3.63, 3.8) is 0 Å². The average molecular weight is 1080 g/mol. The molecule has 0 saturated carbocycles. The zero-order valence-corrected chi connectivity index (χ0v) is 40.8. The third kappa shape index (κ3) is 15.8. The Kier molecular flexibility index (Phi) is 19.0. The summed E-state index contributed by atoms with van der Waals surface area (Å²) >= 11 is 13.0. The van der Waals surface area contributed by atoms with Crippen molar-refractivity contribution in [2.75, 3.05) is 37.8 Å². The standard InChI is InChI=1S/C36H46Cl2N7O19P3S/c1-19(60-21-5-7-22(8-6-21)61-24-9-4-20(37)14-23(24)38)35(50)68-13-12-40-26(46)10-11-41-33(49)30(48)36(2,3)16-59-67(56,57)64-66(54,55)58-15-25-29(63-65(51,52)53)28(47)34(62-25)45-18-44-27-31(39)42-17-43-32(27)45/h4-9,14,17-19,25,28-30,34,47-48H,10-13,15-16H2,1-3H3,(H,40,46)(H,41,49)(H,54,55)(H,56,57)(H2,39,42,43)(H2,51,52,53). The van der Waals surface area contributed by atoms with Crippen molar-refractivity contribution in [2.24, 2.45) is 5.41 Å². The molecule has 68 heavy (non-hydrogen) atoms. The highest BCUT2D eigenvalue weighted by atomic mass is 35.5. The number of anilines is 1. The second-order valence-electron chi connectivity index (χ2n) is 15.1. The molecule has 32 heteroatoms. The van der Waals surface area contributed by atoms with Gasteiger partial charge in [-0.05, 0) is 49.4 Å². The molecule has 0 radical (unpaired) electrons. The van der Waals surface area contributed by atoms with Gasteiger partial charge in [0.15, 0.2) is 23.8 Å². The molecule has 8 unspecified atom stereocenters. The Morgan fingerprint density at radius 2 is 1.65 bits per heavy atom. The van der Waals surface area contributed by atoms with E-state index in [0.717, 1.165) is 29.0 Å². The van der Waals surface area contributed by atoms with E-state index in [2.05, 4.69) is 34.4 Å². The Balaban J connectivity index is 0.994. The molecule has 5 rings (SSSR count). The molecule has 1 fully saturated rings. The van der Waals surface area contributed by atoms with Crippen molar-refractivity contribution in [3.8, 4) is 17.2 Å². The number of fused-ring (bicyclic) bond motifs is 1. The number of carbonyl (C=O) groups excluding carboxylic acids is 3. The molecular weight excluding hydrogens is 1030 g/mol. The number of nitrogen functional groups attached to an aromatic ring is 1. The molecule has 8 atom stereocenters. The zero-order chi connectivity index (χ0) is 50.2. The van der Waals surface area contributed by atoms with Gasteiger partial charge in [0.2, 0.25) is 16.9 Å². The SMILES string of the molecule is CC(Oc1ccc(Oc2ccc(Cl)cc2Cl)cc1)C(=O)SCCNC(=O)CCNC(=O)C(O)C(C)(C)COP(=O)(O)OP(=O)(O)OCC1OC(n2cnc3c(N)ncnc32)C(O)C1OP(=O)(O)O. The molecule has 0 aliphatic carbocycles. The van der Waals surface area contributed by atoms with Crippen molar-refractivity contribution in [1.29, 1.82) is 0 Å². The second kappa shape index (κ2) is 23.4. The van der Waals surface area contributed by atoms with E-state index in [0.29, 0.717) is 27.3 Å². The highest BCUT2D eigenvalue weighted by molar-refractivity contribution is 8.13. The van der Waals surface area contributed by atoms with Gasteiger partial charge < -0.3 is 60.4 Å². The summed E-state index contributed by atoms with van der Waals surface area (Å²) in [5.41, 5.74) is 4.22. The number of amides is 2. The van der Waals surface area contributed by atoms with Crippen molar-refractivity contribution >= 4 is 92.3 Å². The number of rotatable bonds is 24. The molecule has 1 saturated heterocycles. The summed E-state index contributed by atoms with van der Waals surface area (Å²) in [6, 6.07) is 11.3. The Hall–Kier alpha value is -3.82. The smallest absolute Gasteiger partial charge is 0.481 e. The highest BCUT2D eigenvalue weighted by Gasteiger charge is 2.50. The van der Waals surface area contributed by atoms with Gasteiger partial charge in [-0.15, -0.1) is 0 Å². The van der Waals surface area contributed by atoms with Gasteiger partial charge in [0.1, 0.15) is 53.5 Å². The molecule has 0 spiro atoms. The lowest BCUT2D eigenvalue weighted by molar-refractivity contribution is -0.137. The van der Waals surface area contributed by atoms with Crippen LogP contribution in [0.25, 0.3) is 11.2 Å². The van der Waals surface area contributed by atoms with Gasteiger partial charge in [0, 0.05) is 35.7 Å². The van der Waals surface area contributed by atoms with Crippen LogP contribution in [0.1, 0.15) is 33.4 Å². The van der Waals surface area contributed by atoms with Gasteiger partial charge in [0.05, 0.1) is 24.6 Å². The normalized spacial score (nSPS) is 20.2. The molecule has 3 heterocycles. The molecule has 26 nitrogen and oxygen atoms in total. The number of benzene rings is 2. The summed E-state index contributed by atoms with van der Waals surface area (Å²) in [6.45, 7) is 1.83. The lowest BCUT2D eigenvalue weighted by atomic mass is 9.87. The molecule has 10 N–H and O–H groups in total. The molecule has 0 bridgehead atoms. The topological polar surface area (TPSA) is 382 Å². The van der Waals surface area contributed by atoms with Crippen molar-refractivity contribution in [2.45, 2.75) is 63.9 Å². The second-order valence-corrected chi connectivity index (χ2v) is 21.3. The summed E-state index contributed by atoms with van der Waals surface area (Å²) in [4.78, 5) is 88.8. The molecule has 4 aromatic rings. The third-order valence-corrected chi connectivity index (χ3v) is 14.0. The van der Waals surface area contributed by atoms with Gasteiger partial charge in [-0.3, -0.25) is 32.5 Å². The van der Waals surface area contributed by atoms with Gasteiger partial charge >= 0.3 is 23.5 Å². The zero-order valence-electron chi connectivity index (χ0n) is 35.8. The van der Waals surface area contributed by atoms with Gasteiger partial charge in [0.25, 0.3) is 0 Å². The first kappa shape index (κ1) is 55.1. The van der Waals surface area contributed by atoms with Crippen molar-refractivity contribution in [3.05, 3.63) is 65.2 Å². The summed E-state index contributed by atoms with van der Waals surface area (Å²) < 4.78 is 73.8. The number of nitrogens with zero attached hydrogens (tertiary/aromatic N) is 4. The minimum atomic E-state index is -5.60. The van der Waals surface area contributed by atoms with Crippen LogP contribution in [-0.2, 0) is 50.7 Å². The number of hydrogen-bond donors (Lipinski definition) is 9. The van der Waals surface area contributed by atoms with Crippen LogP contribution in [0.2, 0.25) is 10.0 Å². The van der Waals surface area contributed by atoms with E-state index in [-0.39, 0.29) is 47.4 Å². The number of aliphatic hydroxyl groups excluding tert-OH is 2. The quantitative estimate of drug-likeness (QED) is 0.0359. The Morgan fingerprint density at radius 1 is 0.971 bits per heavy atom. The Labute approximate surface area is 400 Å². The first-order chi connectivity index (χ1) is 31.7. The van der Waals surface area contributed by atoms with Gasteiger partial charge in [-0.1, -0.05) is 48.8 Å². The van der Waals surface area contributed by atoms with E-state index in [4.69, 9.17) is 52.2 Å². The summed E-state index contributed by atoms with van der Waals surface area (Å²) in [6.07, 6.45) is -7.92. The lowest BCUT2D eigenvalue weighted by Crippen LogP contribution is -2.46. The van der Waals surface area contributed by atoms with Crippen LogP contribution < -0.4 is 25.8 Å². The van der Waals surface area contributed by atoms with Crippen molar-refractivity contribution < 1.29 is 90.0 Å². The number of imidazole rings is 1. The maximum Gasteiger partial charge on any atom is 0.481 e. The fourth-order valence-corrected chi connectivity index (χ4v) is 9.89. The number of aromatic nitrogens is 4. The number of nitrogens with one attached hydrogen (secondary N) is 2. The van der Waals surface area contributed by atoms with Gasteiger partial charge in [-0.2, -0.15) is 4.31 Å². The highest BCUT2D eigenvalue weighted by Crippen LogP contribution is 2.61. The number of hydrogen-bond acceptors (Lipinski definition) is 20. The number of thioether (sulfide) groups is 1. The number of ether oxygens (including phenoxy) is 3. The number of halogens is 2. The number of carbonyl (C=O) groups is 3. The first-order valence-electron chi connectivity index (χ1n) is 19.7. The predicted octanol–water partition coefficient (Wildman–Crippen LogP) is 3.23. The van der Waals surface area contributed by atoms with E-state index in [1.165, 1.54) is 13.8 Å². The summed E-state index contributed by atoms with van der Waals surface area (Å²) in [5.74, 6) is -0.0676. The molecule has 2 amide bonds. The minimum absolute atomic E-state index is 0.0204. The molecule has 1 aliphatic rings. The molecule has 2 aromatic carbocycles. The van der Waals surface area contributed by atoms with Crippen LogP contribution in [0.3, 0.4) is 0 Å². The molecular formula is C36H46Cl2N7O19P3S. The third-order valence-electron chi connectivity index (χ3n) is 9.34. The minimum Gasteiger partial charge on any atom is -0.482 e. The monoisotopic (exact) mass is 1080 g/mol. The number of phosphoric ester groups is 3. The molecule has 1 aliphatic heterocycles. The maximum atomic E-state index is 12.8. The van der Waals surface area contributed by atoms with Crippen LogP contribution in [0, 0.1) is 5.41 Å². The number of nitrogens with two attached hydrogens (primary N) is 1.